The van der Waals surface area contributed by atoms with E-state index in [1.165, 1.54) is 5.56 Å². The molecule has 0 aliphatic heterocycles. The van der Waals surface area contributed by atoms with E-state index in [0.717, 1.165) is 23.2 Å². The number of rotatable bonds is 3. The average molecular weight is 276 g/mol. The maximum Gasteiger partial charge on any atom is 0.124 e. The topological polar surface area (TPSA) is 23.5 Å². The summed E-state index contributed by atoms with van der Waals surface area (Å²) in [5, 5.41) is 10.6. The van der Waals surface area contributed by atoms with E-state index in [-0.39, 0.29) is 5.75 Å². The van der Waals surface area contributed by atoms with Crippen LogP contribution in [0.2, 0.25) is 5.02 Å². The zero-order chi connectivity index (χ0) is 14.0. The minimum atomic E-state index is 0.218. The Morgan fingerprint density at radius 2 is 1.74 bits per heavy atom. The summed E-state index contributed by atoms with van der Waals surface area (Å²) in [5.41, 5.74) is 4.03. The molecule has 0 spiro atoms. The standard InChI is InChI=1S/C16H18ClNO/c1-11-8-14(16(19)9-15(11)17)13-6-4-12(5-7-13)10-18(2)3/h4-9,19H,10H2,1-3H3. The van der Waals surface area contributed by atoms with Crippen LogP contribution in [-0.4, -0.2) is 24.1 Å². The minimum Gasteiger partial charge on any atom is -0.507 e. The lowest BCUT2D eigenvalue weighted by molar-refractivity contribution is 0.402. The second-order valence-corrected chi connectivity index (χ2v) is 5.46. The molecule has 19 heavy (non-hydrogen) atoms. The second kappa shape index (κ2) is 5.64. The van der Waals surface area contributed by atoms with Crippen LogP contribution in [0.1, 0.15) is 11.1 Å². The summed E-state index contributed by atoms with van der Waals surface area (Å²) in [6.07, 6.45) is 0. The molecule has 0 atom stereocenters. The number of aryl methyl sites for hydroxylation is 1. The molecule has 0 heterocycles. The van der Waals surface area contributed by atoms with Crippen LogP contribution in [0.4, 0.5) is 0 Å². The van der Waals surface area contributed by atoms with Crippen LogP contribution in [0, 0.1) is 6.92 Å². The zero-order valence-corrected chi connectivity index (χ0v) is 12.2. The van der Waals surface area contributed by atoms with Gasteiger partial charge < -0.3 is 10.0 Å². The van der Waals surface area contributed by atoms with Gasteiger partial charge in [-0.3, -0.25) is 0 Å². The summed E-state index contributed by atoms with van der Waals surface area (Å²) in [7, 11) is 4.09. The normalized spacial score (nSPS) is 11.0. The van der Waals surface area contributed by atoms with E-state index in [9.17, 15) is 5.11 Å². The molecule has 1 N–H and O–H groups in total. The number of hydrogen-bond donors (Lipinski definition) is 1. The van der Waals surface area contributed by atoms with Crippen molar-refractivity contribution in [2.45, 2.75) is 13.5 Å². The van der Waals surface area contributed by atoms with Crippen LogP contribution in [0.3, 0.4) is 0 Å². The Labute approximate surface area is 119 Å². The van der Waals surface area contributed by atoms with Crippen molar-refractivity contribution in [1.29, 1.82) is 0 Å². The number of nitrogens with zero attached hydrogens (tertiary/aromatic N) is 1. The summed E-state index contributed by atoms with van der Waals surface area (Å²) < 4.78 is 0. The number of aromatic hydroxyl groups is 1. The van der Waals surface area contributed by atoms with Gasteiger partial charge in [-0.1, -0.05) is 35.9 Å². The molecule has 3 heteroatoms. The second-order valence-electron chi connectivity index (χ2n) is 5.05. The quantitative estimate of drug-likeness (QED) is 0.912. The fraction of sp³-hybridized carbons (Fsp3) is 0.250. The fourth-order valence-electron chi connectivity index (χ4n) is 2.06. The third-order valence-electron chi connectivity index (χ3n) is 3.04. The minimum absolute atomic E-state index is 0.218. The molecule has 2 aromatic rings. The van der Waals surface area contributed by atoms with E-state index in [4.69, 9.17) is 11.6 Å². The van der Waals surface area contributed by atoms with Gasteiger partial charge in [0.05, 0.1) is 0 Å². The van der Waals surface area contributed by atoms with Crippen molar-refractivity contribution in [2.75, 3.05) is 14.1 Å². The third-order valence-corrected chi connectivity index (χ3v) is 3.45. The first-order chi connectivity index (χ1) is 8.97. The first-order valence-corrected chi connectivity index (χ1v) is 6.58. The molecule has 0 saturated heterocycles. The van der Waals surface area contributed by atoms with Gasteiger partial charge in [-0.15, -0.1) is 0 Å². The summed E-state index contributed by atoms with van der Waals surface area (Å²) in [4.78, 5) is 2.12. The van der Waals surface area contributed by atoms with E-state index in [1.807, 2.05) is 39.2 Å². The van der Waals surface area contributed by atoms with Gasteiger partial charge in [-0.2, -0.15) is 0 Å². The molecule has 0 amide bonds. The summed E-state index contributed by atoms with van der Waals surface area (Å²) in [6.45, 7) is 2.84. The summed E-state index contributed by atoms with van der Waals surface area (Å²) >= 11 is 5.99. The summed E-state index contributed by atoms with van der Waals surface area (Å²) in [6, 6.07) is 11.7. The van der Waals surface area contributed by atoms with E-state index in [1.54, 1.807) is 6.07 Å². The van der Waals surface area contributed by atoms with Crippen molar-refractivity contribution < 1.29 is 5.11 Å². The lowest BCUT2D eigenvalue weighted by Gasteiger charge is -2.11. The maximum absolute atomic E-state index is 9.99. The van der Waals surface area contributed by atoms with Crippen LogP contribution in [0.25, 0.3) is 11.1 Å². The highest BCUT2D eigenvalue weighted by molar-refractivity contribution is 6.31. The maximum atomic E-state index is 9.99. The Kier molecular flexibility index (Phi) is 4.13. The third kappa shape index (κ3) is 3.28. The molecule has 0 aliphatic rings. The van der Waals surface area contributed by atoms with Crippen molar-refractivity contribution in [3.63, 3.8) is 0 Å². The molecule has 0 saturated carbocycles. The molecule has 0 aromatic heterocycles. The highest BCUT2D eigenvalue weighted by atomic mass is 35.5. The number of halogens is 1. The molecular weight excluding hydrogens is 258 g/mol. The smallest absolute Gasteiger partial charge is 0.124 e. The van der Waals surface area contributed by atoms with Crippen LogP contribution in [0.5, 0.6) is 5.75 Å². The molecule has 2 rings (SSSR count). The van der Waals surface area contributed by atoms with Gasteiger partial charge in [0, 0.05) is 17.1 Å². The zero-order valence-electron chi connectivity index (χ0n) is 11.4. The molecule has 0 radical (unpaired) electrons. The van der Waals surface area contributed by atoms with E-state index < -0.39 is 0 Å². The SMILES string of the molecule is Cc1cc(-c2ccc(CN(C)C)cc2)c(O)cc1Cl. The molecule has 0 unspecified atom stereocenters. The monoisotopic (exact) mass is 275 g/mol. The average Bonchev–Trinajstić information content (AvgIpc) is 2.34. The van der Waals surface area contributed by atoms with Crippen molar-refractivity contribution >= 4 is 11.6 Å². The summed E-state index contributed by atoms with van der Waals surface area (Å²) in [5.74, 6) is 0.218. The molecule has 2 nitrogen and oxygen atoms in total. The first kappa shape index (κ1) is 13.9. The van der Waals surface area contributed by atoms with Gasteiger partial charge >= 0.3 is 0 Å². The predicted octanol–water partition coefficient (Wildman–Crippen LogP) is 4.08. The number of phenolic OH excluding ortho intramolecular Hbond substituents is 1. The van der Waals surface area contributed by atoms with E-state index in [2.05, 4.69) is 17.0 Å². The molecule has 2 aromatic carbocycles. The van der Waals surface area contributed by atoms with Gasteiger partial charge in [0.2, 0.25) is 0 Å². The fourth-order valence-corrected chi connectivity index (χ4v) is 2.21. The Hall–Kier alpha value is -1.51. The Morgan fingerprint density at radius 3 is 2.32 bits per heavy atom. The van der Waals surface area contributed by atoms with Gasteiger partial charge in [0.25, 0.3) is 0 Å². The highest BCUT2D eigenvalue weighted by Crippen LogP contribution is 2.33. The Bertz CT molecular complexity index is 576. The van der Waals surface area contributed by atoms with Crippen molar-refractivity contribution in [2.24, 2.45) is 0 Å². The number of hydrogen-bond acceptors (Lipinski definition) is 2. The van der Waals surface area contributed by atoms with Crippen LogP contribution < -0.4 is 0 Å². The van der Waals surface area contributed by atoms with Crippen molar-refractivity contribution in [3.05, 3.63) is 52.5 Å². The lowest BCUT2D eigenvalue weighted by Crippen LogP contribution is -2.10. The van der Waals surface area contributed by atoms with Crippen LogP contribution in [-0.2, 0) is 6.54 Å². The number of phenols is 1. The van der Waals surface area contributed by atoms with Gasteiger partial charge in [0.15, 0.2) is 0 Å². The van der Waals surface area contributed by atoms with E-state index in [0.29, 0.717) is 5.02 Å². The molecular formula is C16H18ClNO. The molecule has 0 aliphatic carbocycles. The van der Waals surface area contributed by atoms with Crippen LogP contribution >= 0.6 is 11.6 Å². The van der Waals surface area contributed by atoms with Crippen molar-refractivity contribution in [3.8, 4) is 16.9 Å². The first-order valence-electron chi connectivity index (χ1n) is 6.20. The Balaban J connectivity index is 2.34. The molecule has 0 fully saturated rings. The van der Waals surface area contributed by atoms with Crippen LogP contribution in [0.15, 0.2) is 36.4 Å². The van der Waals surface area contributed by atoms with Gasteiger partial charge in [0.1, 0.15) is 5.75 Å². The van der Waals surface area contributed by atoms with Gasteiger partial charge in [-0.05, 0) is 49.8 Å². The predicted molar refractivity (Wildman–Crippen MR) is 80.7 cm³/mol. The molecule has 0 bridgehead atoms. The highest BCUT2D eigenvalue weighted by Gasteiger charge is 2.07. The van der Waals surface area contributed by atoms with Gasteiger partial charge in [-0.25, -0.2) is 0 Å². The molecule has 100 valence electrons. The lowest BCUT2D eigenvalue weighted by atomic mass is 10.0. The van der Waals surface area contributed by atoms with Crippen molar-refractivity contribution in [1.82, 2.24) is 4.90 Å². The van der Waals surface area contributed by atoms with E-state index >= 15 is 0 Å². The Morgan fingerprint density at radius 1 is 1.11 bits per heavy atom. The largest absolute Gasteiger partial charge is 0.507 e. The number of benzene rings is 2.